The molecule has 0 atom stereocenters. The van der Waals surface area contributed by atoms with E-state index in [1.165, 1.54) is 0 Å². The van der Waals surface area contributed by atoms with Gasteiger partial charge in [-0.2, -0.15) is 0 Å². The molecular weight excluding hydrogens is 310 g/mol. The fourth-order valence-corrected chi connectivity index (χ4v) is 1.83. The fraction of sp³-hybridized carbons (Fsp3) is 1.00. The van der Waals surface area contributed by atoms with Gasteiger partial charge in [0.1, 0.15) is 0 Å². The highest BCUT2D eigenvalue weighted by molar-refractivity contribution is 4.81. The molecule has 0 unspecified atom stereocenters. The Labute approximate surface area is 118 Å². The molecule has 0 rings (SSSR count). The molecule has 0 aliphatic rings. The van der Waals surface area contributed by atoms with E-state index in [-0.39, 0.29) is 13.0 Å². The van der Waals surface area contributed by atoms with E-state index >= 15 is 0 Å². The van der Waals surface area contributed by atoms with Crippen molar-refractivity contribution in [1.29, 1.82) is 0 Å². The normalized spacial score (nSPS) is 13.7. The third-order valence-corrected chi connectivity index (χ3v) is 2.92. The van der Waals surface area contributed by atoms with Gasteiger partial charge in [-0.15, -0.1) is 0 Å². The molecule has 0 heterocycles. The van der Waals surface area contributed by atoms with Gasteiger partial charge in [-0.3, -0.25) is 0 Å². The zero-order valence-corrected chi connectivity index (χ0v) is 11.5. The molecule has 0 aliphatic carbocycles. The van der Waals surface area contributed by atoms with Crippen LogP contribution in [0, 0.1) is 5.92 Å². The predicted octanol–water partition coefficient (Wildman–Crippen LogP) is 4.57. The van der Waals surface area contributed by atoms with Crippen LogP contribution in [0.5, 0.6) is 0 Å². The summed E-state index contributed by atoms with van der Waals surface area (Å²) in [6, 6.07) is 0. The maximum atomic E-state index is 12.9. The molecule has 1 nitrogen and oxygen atoms in total. The molecule has 9 heteroatoms. The third kappa shape index (κ3) is 7.82. The molecule has 0 aromatic rings. The van der Waals surface area contributed by atoms with E-state index in [1.807, 2.05) is 0 Å². The molecule has 0 amide bonds. The van der Waals surface area contributed by atoms with Crippen LogP contribution in [0.1, 0.15) is 32.6 Å². The van der Waals surface area contributed by atoms with Crippen molar-refractivity contribution in [2.24, 2.45) is 5.92 Å². The molecule has 0 saturated carbocycles. The van der Waals surface area contributed by atoms with Crippen molar-refractivity contribution in [2.45, 2.75) is 57.3 Å². The van der Waals surface area contributed by atoms with Crippen LogP contribution in [-0.2, 0) is 0 Å². The Morgan fingerprint density at radius 2 is 1.24 bits per heavy atom. The average Bonchev–Trinajstić information content (AvgIpc) is 2.33. The lowest BCUT2D eigenvalue weighted by Crippen LogP contribution is -2.36. The summed E-state index contributed by atoms with van der Waals surface area (Å²) in [4.78, 5) is 0. The van der Waals surface area contributed by atoms with E-state index in [2.05, 4.69) is 5.32 Å². The van der Waals surface area contributed by atoms with Gasteiger partial charge in [-0.05, 0) is 31.8 Å². The van der Waals surface area contributed by atoms with Crippen LogP contribution in [0.3, 0.4) is 0 Å². The van der Waals surface area contributed by atoms with E-state index in [1.54, 1.807) is 6.92 Å². The quantitative estimate of drug-likeness (QED) is 0.432. The van der Waals surface area contributed by atoms with Gasteiger partial charge in [0.25, 0.3) is 0 Å². The summed E-state index contributed by atoms with van der Waals surface area (Å²) >= 11 is 0. The first kappa shape index (κ1) is 20.4. The lowest BCUT2D eigenvalue weighted by Gasteiger charge is -2.26. The van der Waals surface area contributed by atoms with Gasteiger partial charge in [0.15, 0.2) is 0 Å². The van der Waals surface area contributed by atoms with Crippen molar-refractivity contribution in [3.63, 3.8) is 0 Å². The Bertz CT molecular complexity index is 260. The molecule has 1 N–H and O–H groups in total. The van der Waals surface area contributed by atoms with Gasteiger partial charge in [-0.1, -0.05) is 6.92 Å². The first-order valence-electron chi connectivity index (χ1n) is 6.55. The predicted molar refractivity (Wildman–Crippen MR) is 62.4 cm³/mol. The summed E-state index contributed by atoms with van der Waals surface area (Å²) in [7, 11) is 0. The van der Waals surface area contributed by atoms with Crippen molar-refractivity contribution in [3.05, 3.63) is 0 Å². The highest BCUT2D eigenvalue weighted by Crippen LogP contribution is 2.38. The number of rotatable bonds is 11. The van der Waals surface area contributed by atoms with Gasteiger partial charge in [0, 0.05) is 12.8 Å². The molecule has 21 heavy (non-hydrogen) atoms. The second kappa shape index (κ2) is 8.75. The second-order valence-corrected chi connectivity index (χ2v) is 4.94. The number of nitrogens with one attached hydrogen (secondary N) is 1. The summed E-state index contributed by atoms with van der Waals surface area (Å²) in [6.07, 6.45) is -10.7. The lowest BCUT2D eigenvalue weighted by molar-refractivity contribution is -0.165. The highest BCUT2D eigenvalue weighted by atomic mass is 19.3. The van der Waals surface area contributed by atoms with Gasteiger partial charge in [-0.25, -0.2) is 35.1 Å². The Balaban J connectivity index is 4.69. The maximum Gasteiger partial charge on any atom is 0.307 e. The molecule has 0 bridgehead atoms. The number of hydrogen-bond donors (Lipinski definition) is 1. The third-order valence-electron chi connectivity index (χ3n) is 2.92. The topological polar surface area (TPSA) is 12.0 Å². The van der Waals surface area contributed by atoms with E-state index < -0.39 is 43.5 Å². The lowest BCUT2D eigenvalue weighted by atomic mass is 9.91. The van der Waals surface area contributed by atoms with Gasteiger partial charge in [0.2, 0.25) is 0 Å². The SMILES string of the molecule is CCCNCCC(CC(F)(F)C(F)F)CC(F)(F)C(F)F. The monoisotopic (exact) mass is 329 g/mol. The molecule has 0 aliphatic heterocycles. The molecule has 128 valence electrons. The zero-order valence-electron chi connectivity index (χ0n) is 11.5. The van der Waals surface area contributed by atoms with E-state index in [0.29, 0.717) is 13.0 Å². The molecule has 0 radical (unpaired) electrons. The Morgan fingerprint density at radius 1 is 0.810 bits per heavy atom. The van der Waals surface area contributed by atoms with Crippen LogP contribution in [0.15, 0.2) is 0 Å². The molecule has 0 aromatic heterocycles. The molecular formula is C12H19F8N. The largest absolute Gasteiger partial charge is 0.317 e. The number of halogens is 8. The van der Waals surface area contributed by atoms with E-state index in [4.69, 9.17) is 0 Å². The minimum atomic E-state index is -4.46. The van der Waals surface area contributed by atoms with Crippen LogP contribution >= 0.6 is 0 Å². The van der Waals surface area contributed by atoms with Crippen LogP contribution in [0.25, 0.3) is 0 Å². The minimum absolute atomic E-state index is 0.0249. The van der Waals surface area contributed by atoms with Crippen molar-refractivity contribution >= 4 is 0 Å². The first-order valence-corrected chi connectivity index (χ1v) is 6.55. The van der Waals surface area contributed by atoms with Crippen molar-refractivity contribution in [3.8, 4) is 0 Å². The summed E-state index contributed by atoms with van der Waals surface area (Å²) in [5.41, 5.74) is 0. The Kier molecular flexibility index (Phi) is 8.50. The fourth-order valence-electron chi connectivity index (χ4n) is 1.83. The molecule has 0 fully saturated rings. The van der Waals surface area contributed by atoms with E-state index in [9.17, 15) is 35.1 Å². The van der Waals surface area contributed by atoms with Gasteiger partial charge in [0.05, 0.1) is 0 Å². The highest BCUT2D eigenvalue weighted by Gasteiger charge is 2.47. The van der Waals surface area contributed by atoms with Gasteiger partial charge < -0.3 is 5.32 Å². The summed E-state index contributed by atoms with van der Waals surface area (Å²) in [5.74, 6) is -10.6. The molecule has 0 spiro atoms. The zero-order chi connectivity index (χ0) is 16.7. The van der Waals surface area contributed by atoms with Crippen molar-refractivity contribution < 1.29 is 35.1 Å². The van der Waals surface area contributed by atoms with Crippen molar-refractivity contribution in [1.82, 2.24) is 5.32 Å². The number of hydrogen-bond acceptors (Lipinski definition) is 1. The minimum Gasteiger partial charge on any atom is -0.317 e. The Morgan fingerprint density at radius 3 is 1.57 bits per heavy atom. The van der Waals surface area contributed by atoms with E-state index in [0.717, 1.165) is 0 Å². The summed E-state index contributed by atoms with van der Waals surface area (Å²) < 4.78 is 100. The summed E-state index contributed by atoms with van der Waals surface area (Å²) in [5, 5.41) is 2.73. The Hall–Kier alpha value is -0.600. The smallest absolute Gasteiger partial charge is 0.307 e. The second-order valence-electron chi connectivity index (χ2n) is 4.94. The van der Waals surface area contributed by atoms with Crippen LogP contribution in [-0.4, -0.2) is 37.8 Å². The first-order chi connectivity index (χ1) is 9.53. The molecule has 0 aromatic carbocycles. The van der Waals surface area contributed by atoms with Crippen molar-refractivity contribution in [2.75, 3.05) is 13.1 Å². The molecule has 0 saturated heterocycles. The van der Waals surface area contributed by atoms with Gasteiger partial charge >= 0.3 is 24.7 Å². The summed E-state index contributed by atoms with van der Waals surface area (Å²) in [6.45, 7) is 2.32. The number of alkyl halides is 8. The maximum absolute atomic E-state index is 12.9. The standard InChI is InChI=1S/C12H19F8N/c1-2-4-21-5-3-8(6-11(17,18)9(13)14)7-12(19,20)10(15)16/h8-10,21H,2-7H2,1H3. The van der Waals surface area contributed by atoms with Crippen LogP contribution < -0.4 is 5.32 Å². The van der Waals surface area contributed by atoms with Crippen LogP contribution in [0.4, 0.5) is 35.1 Å². The van der Waals surface area contributed by atoms with Crippen LogP contribution in [0.2, 0.25) is 0 Å². The average molecular weight is 329 g/mol.